The zero-order valence-electron chi connectivity index (χ0n) is 24.3. The van der Waals surface area contributed by atoms with Crippen molar-refractivity contribution in [3.05, 3.63) is 16.9 Å². The first kappa shape index (κ1) is 31.1. The number of ketones is 1. The third kappa shape index (κ3) is 6.45. The van der Waals surface area contributed by atoms with E-state index in [0.717, 1.165) is 12.8 Å². The number of piperidine rings is 1. The summed E-state index contributed by atoms with van der Waals surface area (Å²) in [6, 6.07) is -0.672. The van der Waals surface area contributed by atoms with E-state index >= 15 is 0 Å². The Morgan fingerprint density at radius 1 is 1.26 bits per heavy atom. The molecule has 4 aliphatic rings. The van der Waals surface area contributed by atoms with Gasteiger partial charge in [-0.1, -0.05) is 13.8 Å². The lowest BCUT2D eigenvalue weighted by Gasteiger charge is -2.47. The Labute approximate surface area is 253 Å². The normalized spacial score (nSPS) is 28.1. The number of amides is 3. The van der Waals surface area contributed by atoms with Crippen LogP contribution in [0.25, 0.3) is 0 Å². The summed E-state index contributed by atoms with van der Waals surface area (Å²) < 4.78 is 1.34. The highest BCUT2D eigenvalue weighted by Crippen LogP contribution is 2.53. The molecule has 3 amide bonds. The maximum absolute atomic E-state index is 13.3. The van der Waals surface area contributed by atoms with Crippen molar-refractivity contribution in [2.75, 3.05) is 32.7 Å². The van der Waals surface area contributed by atoms with E-state index in [2.05, 4.69) is 26.2 Å². The molecule has 1 aromatic rings. The Hall–Kier alpha value is -3.37. The molecule has 5 N–H and O–H groups in total. The molecule has 0 spiro atoms. The average Bonchev–Trinajstić information content (AvgIpc) is 3.72. The number of carboxylic acid groups (broad SMARTS) is 1. The molecular weight excluding hydrogens is 578 g/mol. The molecule has 0 aliphatic carbocycles. The summed E-state index contributed by atoms with van der Waals surface area (Å²) >= 11 is 1.45. The molecule has 43 heavy (non-hydrogen) atoms. The summed E-state index contributed by atoms with van der Waals surface area (Å²) in [5.41, 5.74) is 5.37. The molecule has 3 saturated heterocycles. The summed E-state index contributed by atoms with van der Waals surface area (Å²) in [5.74, 6) is -2.27. The molecule has 0 bridgehead atoms. The Bertz CT molecular complexity index is 1280. The van der Waals surface area contributed by atoms with Gasteiger partial charge in [0.15, 0.2) is 5.78 Å². The van der Waals surface area contributed by atoms with Crippen LogP contribution in [0.15, 0.2) is 16.9 Å². The van der Waals surface area contributed by atoms with Crippen molar-refractivity contribution < 1.29 is 29.1 Å². The van der Waals surface area contributed by atoms with Gasteiger partial charge in [0.25, 0.3) is 0 Å². The predicted octanol–water partition coefficient (Wildman–Crippen LogP) is -1.18. The number of β-lactam (4-membered cyclic amide) rings is 1. The molecule has 0 radical (unpaired) electrons. The fourth-order valence-electron chi connectivity index (χ4n) is 6.82. The van der Waals surface area contributed by atoms with Gasteiger partial charge in [0.1, 0.15) is 18.6 Å². The monoisotopic (exact) mass is 617 g/mol. The average molecular weight is 618 g/mol. The minimum Gasteiger partial charge on any atom is -0.477 e. The SMILES string of the molecule is C[C@@H](CC(=O)Cn1cnnn1)[C@H]1C(=O)N2C(C(=O)O)=C(SC3CNC(C(=O)N4CCC(CNC(=O)CN)CC4)C3)[C@H](C)[C@H]12. The number of nitrogens with one attached hydrogen (secondary N) is 2. The number of aromatic nitrogens is 4. The molecule has 0 saturated carbocycles. The smallest absolute Gasteiger partial charge is 0.353 e. The Morgan fingerprint density at radius 3 is 2.65 bits per heavy atom. The number of fused-ring (bicyclic) bond motifs is 1. The number of hydrogen-bond acceptors (Lipinski definition) is 11. The van der Waals surface area contributed by atoms with E-state index in [1.807, 2.05) is 18.7 Å². The van der Waals surface area contributed by atoms with Crippen LogP contribution >= 0.6 is 11.8 Å². The van der Waals surface area contributed by atoms with Crippen LogP contribution in [0.1, 0.15) is 39.5 Å². The van der Waals surface area contributed by atoms with Gasteiger partial charge in [0.2, 0.25) is 17.7 Å². The van der Waals surface area contributed by atoms with Gasteiger partial charge >= 0.3 is 5.97 Å². The van der Waals surface area contributed by atoms with Gasteiger partial charge in [0.05, 0.1) is 24.5 Å². The number of carbonyl (C=O) groups excluding carboxylic acids is 4. The number of nitrogens with zero attached hydrogens (tertiary/aromatic N) is 6. The quantitative estimate of drug-likeness (QED) is 0.205. The molecule has 3 fully saturated rings. The second-order valence-corrected chi connectivity index (χ2v) is 13.3. The third-order valence-corrected chi connectivity index (χ3v) is 10.6. The number of hydrogen-bond donors (Lipinski definition) is 4. The van der Waals surface area contributed by atoms with Crippen molar-refractivity contribution in [3.63, 3.8) is 0 Å². The van der Waals surface area contributed by atoms with Crippen LogP contribution in [0.4, 0.5) is 0 Å². The summed E-state index contributed by atoms with van der Waals surface area (Å²) in [5, 5.41) is 27.0. The molecule has 15 nitrogen and oxygen atoms in total. The first-order valence-corrected chi connectivity index (χ1v) is 15.7. The summed E-state index contributed by atoms with van der Waals surface area (Å²) in [6.07, 6.45) is 3.69. The summed E-state index contributed by atoms with van der Waals surface area (Å²) in [6.45, 7) is 6.14. The van der Waals surface area contributed by atoms with E-state index in [0.29, 0.717) is 43.4 Å². The predicted molar refractivity (Wildman–Crippen MR) is 154 cm³/mol. The molecular formula is C27H39N9O6S. The molecule has 16 heteroatoms. The number of nitrogens with two attached hydrogens (primary N) is 1. The molecule has 0 aromatic carbocycles. The van der Waals surface area contributed by atoms with Crippen LogP contribution in [0.5, 0.6) is 0 Å². The highest BCUT2D eigenvalue weighted by atomic mass is 32.2. The van der Waals surface area contributed by atoms with Gasteiger partial charge in [-0.15, -0.1) is 16.9 Å². The van der Waals surface area contributed by atoms with Crippen LogP contribution < -0.4 is 16.4 Å². The topological polar surface area (TPSA) is 206 Å². The number of aliphatic carboxylic acids is 1. The minimum atomic E-state index is -1.14. The number of carbonyl (C=O) groups is 5. The van der Waals surface area contributed by atoms with E-state index in [9.17, 15) is 29.1 Å². The van der Waals surface area contributed by atoms with Crippen molar-refractivity contribution in [1.82, 2.24) is 40.6 Å². The van der Waals surface area contributed by atoms with Gasteiger partial charge in [-0.3, -0.25) is 19.2 Å². The molecule has 2 unspecified atom stereocenters. The second-order valence-electron chi connectivity index (χ2n) is 12.0. The molecule has 6 atom stereocenters. The van der Waals surface area contributed by atoms with Crippen molar-refractivity contribution >= 4 is 41.2 Å². The number of likely N-dealkylation sites (tertiary alicyclic amines) is 1. The zero-order valence-corrected chi connectivity index (χ0v) is 25.2. The minimum absolute atomic E-state index is 0.0154. The van der Waals surface area contributed by atoms with Crippen molar-refractivity contribution in [1.29, 1.82) is 0 Å². The highest BCUT2D eigenvalue weighted by molar-refractivity contribution is 8.03. The van der Waals surface area contributed by atoms with Crippen LogP contribution in [0.2, 0.25) is 0 Å². The van der Waals surface area contributed by atoms with Crippen molar-refractivity contribution in [2.24, 2.45) is 29.4 Å². The lowest BCUT2D eigenvalue weighted by Crippen LogP contribution is -2.62. The molecule has 5 rings (SSSR count). The van der Waals surface area contributed by atoms with Crippen LogP contribution in [-0.2, 0) is 30.5 Å². The molecule has 4 aliphatic heterocycles. The van der Waals surface area contributed by atoms with Crippen LogP contribution in [0.3, 0.4) is 0 Å². The van der Waals surface area contributed by atoms with Gasteiger partial charge in [0, 0.05) is 48.7 Å². The fourth-order valence-corrected chi connectivity index (χ4v) is 8.30. The standard InChI is InChI=1S/C27H39N9O6S/c1-14(7-17(37)12-35-13-31-32-33-35)21-22-15(2)24(23(27(41)42)36(22)26(21)40)43-18-8-19(29-11-18)25(39)34-5-3-16(4-6-34)10-30-20(38)9-28/h13-16,18-19,21-22,29H,3-12,28H2,1-2H3,(H,30,38)(H,41,42)/t14-,15+,18?,19?,21+,22+/m0/s1. The second kappa shape index (κ2) is 13.1. The van der Waals surface area contributed by atoms with Gasteiger partial charge in [-0.05, 0) is 41.5 Å². The zero-order chi connectivity index (χ0) is 30.8. The Morgan fingerprint density at radius 2 is 2.00 bits per heavy atom. The molecule has 234 valence electrons. The third-order valence-electron chi connectivity index (χ3n) is 9.07. The number of thioether (sulfide) groups is 1. The van der Waals surface area contributed by atoms with Crippen molar-refractivity contribution in [2.45, 2.75) is 63.4 Å². The van der Waals surface area contributed by atoms with E-state index in [1.165, 1.54) is 27.7 Å². The van der Waals surface area contributed by atoms with E-state index < -0.39 is 11.9 Å². The van der Waals surface area contributed by atoms with E-state index in [1.54, 1.807) is 0 Å². The first-order chi connectivity index (χ1) is 20.6. The fraction of sp³-hybridized carbons (Fsp3) is 0.704. The van der Waals surface area contributed by atoms with Crippen LogP contribution in [0, 0.1) is 23.7 Å². The Kier molecular flexibility index (Phi) is 9.46. The van der Waals surface area contributed by atoms with Crippen molar-refractivity contribution in [3.8, 4) is 0 Å². The highest BCUT2D eigenvalue weighted by Gasteiger charge is 2.60. The Balaban J connectivity index is 1.15. The largest absolute Gasteiger partial charge is 0.477 e. The van der Waals surface area contributed by atoms with E-state index in [-0.39, 0.29) is 77.9 Å². The summed E-state index contributed by atoms with van der Waals surface area (Å²) in [7, 11) is 0. The van der Waals surface area contributed by atoms with E-state index in [4.69, 9.17) is 5.73 Å². The number of rotatable bonds is 12. The number of tetrazole rings is 1. The lowest BCUT2D eigenvalue weighted by atomic mass is 9.73. The van der Waals surface area contributed by atoms with Crippen LogP contribution in [-0.4, -0.2) is 115 Å². The lowest BCUT2D eigenvalue weighted by molar-refractivity contribution is -0.160. The first-order valence-electron chi connectivity index (χ1n) is 14.8. The summed E-state index contributed by atoms with van der Waals surface area (Å²) in [4.78, 5) is 66.8. The number of Topliss-reactive ketones (excluding diaryl/α,β-unsaturated/α-hetero) is 1. The maximum atomic E-state index is 13.3. The number of carboxylic acids is 1. The maximum Gasteiger partial charge on any atom is 0.353 e. The van der Waals surface area contributed by atoms with Gasteiger partial charge < -0.3 is 31.3 Å². The van der Waals surface area contributed by atoms with Gasteiger partial charge in [-0.2, -0.15) is 0 Å². The van der Waals surface area contributed by atoms with Gasteiger partial charge in [-0.25, -0.2) is 9.48 Å². The molecule has 1 aromatic heterocycles. The molecule has 5 heterocycles.